The van der Waals surface area contributed by atoms with Crippen molar-refractivity contribution in [1.82, 2.24) is 0 Å². The monoisotopic (exact) mass is 197 g/mol. The average Bonchev–Trinajstić information content (AvgIpc) is 1.82. The Morgan fingerprint density at radius 1 is 1.33 bits per heavy atom. The van der Waals surface area contributed by atoms with Gasteiger partial charge in [-0.2, -0.15) is 8.42 Å². The fraction of sp³-hybridized carbons (Fsp3) is 1.00. The highest BCUT2D eigenvalue weighted by molar-refractivity contribution is 7.86. The van der Waals surface area contributed by atoms with Crippen LogP contribution in [0.3, 0.4) is 0 Å². The molecule has 0 aromatic heterocycles. The summed E-state index contributed by atoms with van der Waals surface area (Å²) in [6.45, 7) is 7.06. The summed E-state index contributed by atoms with van der Waals surface area (Å²) in [4.78, 5) is 0. The van der Waals surface area contributed by atoms with Gasteiger partial charge in [-0.3, -0.25) is 4.55 Å². The molecule has 5 heteroatoms. The molecule has 0 amide bonds. The molecule has 0 aromatic carbocycles. The van der Waals surface area contributed by atoms with Gasteiger partial charge < -0.3 is 5.73 Å². The van der Waals surface area contributed by atoms with E-state index in [1.807, 2.05) is 13.8 Å². The molecular weight excluding hydrogens is 178 g/mol. The Hall–Kier alpha value is -0.130. The molecule has 0 radical (unpaired) electrons. The standard InChI is InChI=1S/C4H10O3S.C3H9N/c1-3-4(2)8(5,6)7;1-3(2)4/h4H,3H2,1-2H3,(H,5,6,7);3H,4H2,1-2H3. The lowest BCUT2D eigenvalue weighted by Crippen LogP contribution is -2.14. The van der Waals surface area contributed by atoms with Gasteiger partial charge in [0.05, 0.1) is 5.25 Å². The van der Waals surface area contributed by atoms with Gasteiger partial charge in [-0.1, -0.05) is 20.8 Å². The van der Waals surface area contributed by atoms with Crippen molar-refractivity contribution in [1.29, 1.82) is 0 Å². The van der Waals surface area contributed by atoms with E-state index in [-0.39, 0.29) is 0 Å². The van der Waals surface area contributed by atoms with Gasteiger partial charge >= 0.3 is 0 Å². The second kappa shape index (κ2) is 6.39. The molecule has 0 aliphatic rings. The van der Waals surface area contributed by atoms with Crippen molar-refractivity contribution >= 4 is 10.1 Å². The predicted molar refractivity (Wildman–Crippen MR) is 50.6 cm³/mol. The van der Waals surface area contributed by atoms with Crippen molar-refractivity contribution in [2.45, 2.75) is 45.4 Å². The molecule has 4 nitrogen and oxygen atoms in total. The van der Waals surface area contributed by atoms with Crippen LogP contribution in [0.1, 0.15) is 34.1 Å². The number of hydrogen-bond acceptors (Lipinski definition) is 3. The average molecular weight is 197 g/mol. The molecule has 0 saturated heterocycles. The van der Waals surface area contributed by atoms with Crippen LogP contribution in [0, 0.1) is 0 Å². The smallest absolute Gasteiger partial charge is 0.267 e. The Morgan fingerprint density at radius 2 is 1.58 bits per heavy atom. The molecule has 0 saturated carbocycles. The van der Waals surface area contributed by atoms with Crippen LogP contribution in [0.5, 0.6) is 0 Å². The molecule has 3 N–H and O–H groups in total. The third-order valence-electron chi connectivity index (χ3n) is 1.08. The fourth-order valence-corrected chi connectivity index (χ4v) is 0.632. The zero-order valence-corrected chi connectivity index (χ0v) is 8.93. The first-order valence-electron chi connectivity index (χ1n) is 3.93. The summed E-state index contributed by atoms with van der Waals surface area (Å²) in [6, 6.07) is 0.333. The van der Waals surface area contributed by atoms with Crippen molar-refractivity contribution in [3.8, 4) is 0 Å². The van der Waals surface area contributed by atoms with E-state index < -0.39 is 15.4 Å². The molecule has 76 valence electrons. The Morgan fingerprint density at radius 3 is 1.58 bits per heavy atom. The minimum absolute atomic E-state index is 0.333. The quantitative estimate of drug-likeness (QED) is 0.648. The number of nitrogens with two attached hydrogens (primary N) is 1. The Labute approximate surface area is 74.9 Å². The summed E-state index contributed by atoms with van der Waals surface area (Å²) in [6.07, 6.45) is 0.457. The molecule has 0 spiro atoms. The highest BCUT2D eigenvalue weighted by Crippen LogP contribution is 1.99. The maximum absolute atomic E-state index is 10.1. The van der Waals surface area contributed by atoms with Gasteiger partial charge in [0.1, 0.15) is 0 Å². The van der Waals surface area contributed by atoms with Crippen molar-refractivity contribution in [2.75, 3.05) is 0 Å². The highest BCUT2D eigenvalue weighted by atomic mass is 32.2. The van der Waals surface area contributed by atoms with Gasteiger partial charge in [-0.05, 0) is 19.4 Å². The minimum Gasteiger partial charge on any atom is -0.328 e. The van der Waals surface area contributed by atoms with Crippen LogP contribution in [-0.4, -0.2) is 24.3 Å². The largest absolute Gasteiger partial charge is 0.328 e. The SMILES string of the molecule is CC(C)N.CCC(C)S(=O)(=O)O. The summed E-state index contributed by atoms with van der Waals surface area (Å²) in [5.41, 5.74) is 5.11. The van der Waals surface area contributed by atoms with Crippen molar-refractivity contribution in [3.63, 3.8) is 0 Å². The summed E-state index contributed by atoms with van der Waals surface area (Å²) in [5, 5.41) is -0.623. The molecule has 0 bridgehead atoms. The molecule has 1 atom stereocenters. The van der Waals surface area contributed by atoms with Crippen LogP contribution < -0.4 is 5.73 Å². The Bertz CT molecular complexity index is 184. The molecule has 0 rings (SSSR count). The molecular formula is C7H19NO3S. The number of rotatable bonds is 2. The second-order valence-corrected chi connectivity index (χ2v) is 4.81. The molecule has 0 aliphatic heterocycles. The second-order valence-electron chi connectivity index (χ2n) is 2.98. The normalized spacial score (nSPS) is 13.6. The summed E-state index contributed by atoms with van der Waals surface area (Å²) in [7, 11) is -3.75. The maximum atomic E-state index is 10.1. The van der Waals surface area contributed by atoms with Gasteiger partial charge in [-0.15, -0.1) is 0 Å². The van der Waals surface area contributed by atoms with E-state index in [0.29, 0.717) is 12.5 Å². The van der Waals surface area contributed by atoms with E-state index in [2.05, 4.69) is 0 Å². The van der Waals surface area contributed by atoms with E-state index in [1.54, 1.807) is 6.92 Å². The Kier molecular flexibility index (Phi) is 7.67. The molecule has 0 fully saturated rings. The highest BCUT2D eigenvalue weighted by Gasteiger charge is 2.13. The van der Waals surface area contributed by atoms with Crippen molar-refractivity contribution < 1.29 is 13.0 Å². The van der Waals surface area contributed by atoms with E-state index in [4.69, 9.17) is 10.3 Å². The van der Waals surface area contributed by atoms with E-state index in [9.17, 15) is 8.42 Å². The molecule has 12 heavy (non-hydrogen) atoms. The summed E-state index contributed by atoms with van der Waals surface area (Å²) in [5.74, 6) is 0. The van der Waals surface area contributed by atoms with Crippen LogP contribution in [-0.2, 0) is 10.1 Å². The lowest BCUT2D eigenvalue weighted by atomic mass is 10.4. The van der Waals surface area contributed by atoms with Crippen LogP contribution in [0.4, 0.5) is 0 Å². The first kappa shape index (κ1) is 14.4. The molecule has 0 aromatic rings. The maximum Gasteiger partial charge on any atom is 0.267 e. The lowest BCUT2D eigenvalue weighted by molar-refractivity contribution is 0.468. The van der Waals surface area contributed by atoms with Gasteiger partial charge in [0.2, 0.25) is 0 Å². The van der Waals surface area contributed by atoms with Crippen LogP contribution >= 0.6 is 0 Å². The van der Waals surface area contributed by atoms with Gasteiger partial charge in [-0.25, -0.2) is 0 Å². The Balaban J connectivity index is 0. The van der Waals surface area contributed by atoms with Crippen LogP contribution in [0.15, 0.2) is 0 Å². The predicted octanol–water partition coefficient (Wildman–Crippen LogP) is 1.03. The van der Waals surface area contributed by atoms with Crippen molar-refractivity contribution in [3.05, 3.63) is 0 Å². The number of hydrogen-bond donors (Lipinski definition) is 2. The van der Waals surface area contributed by atoms with Gasteiger partial charge in [0.15, 0.2) is 0 Å². The fourth-order valence-electron chi connectivity index (χ4n) is 0.211. The third kappa shape index (κ3) is 12.5. The lowest BCUT2D eigenvalue weighted by Gasteiger charge is -2.00. The van der Waals surface area contributed by atoms with Gasteiger partial charge in [0, 0.05) is 0 Å². The van der Waals surface area contributed by atoms with E-state index in [0.717, 1.165) is 0 Å². The summed E-state index contributed by atoms with van der Waals surface area (Å²) < 4.78 is 28.5. The first-order chi connectivity index (χ1) is 5.21. The topological polar surface area (TPSA) is 80.4 Å². The zero-order chi connectivity index (χ0) is 10.4. The zero-order valence-electron chi connectivity index (χ0n) is 8.11. The molecule has 0 heterocycles. The molecule has 0 aliphatic carbocycles. The molecule has 1 unspecified atom stereocenters. The minimum atomic E-state index is -3.75. The third-order valence-corrected chi connectivity index (χ3v) is 2.43. The van der Waals surface area contributed by atoms with Gasteiger partial charge in [0.25, 0.3) is 10.1 Å². The first-order valence-corrected chi connectivity index (χ1v) is 5.44. The van der Waals surface area contributed by atoms with E-state index in [1.165, 1.54) is 6.92 Å². The van der Waals surface area contributed by atoms with Crippen LogP contribution in [0.2, 0.25) is 0 Å². The van der Waals surface area contributed by atoms with E-state index >= 15 is 0 Å². The van der Waals surface area contributed by atoms with Crippen molar-refractivity contribution in [2.24, 2.45) is 5.73 Å². The van der Waals surface area contributed by atoms with Crippen LogP contribution in [0.25, 0.3) is 0 Å². The summed E-state index contributed by atoms with van der Waals surface area (Å²) >= 11 is 0.